The lowest BCUT2D eigenvalue weighted by Crippen LogP contribution is -2.28. The molecule has 0 radical (unpaired) electrons. The van der Waals surface area contributed by atoms with Gasteiger partial charge in [-0.25, -0.2) is 0 Å². The summed E-state index contributed by atoms with van der Waals surface area (Å²) in [7, 11) is 0. The number of benzene rings is 10. The lowest BCUT2D eigenvalue weighted by atomic mass is 9.67. The summed E-state index contributed by atoms with van der Waals surface area (Å²) in [6, 6.07) is 87.3. The molecule has 61 heavy (non-hydrogen) atoms. The van der Waals surface area contributed by atoms with E-state index in [1.807, 2.05) is 11.3 Å². The van der Waals surface area contributed by atoms with Gasteiger partial charge in [-0.1, -0.05) is 200 Å². The average Bonchev–Trinajstić information content (AvgIpc) is 3.87. The van der Waals surface area contributed by atoms with Gasteiger partial charge in [0, 0.05) is 42.3 Å². The second-order valence-electron chi connectivity index (χ2n) is 16.0. The van der Waals surface area contributed by atoms with Crippen molar-refractivity contribution in [2.75, 3.05) is 4.90 Å². The largest absolute Gasteiger partial charge is 0.310 e. The van der Waals surface area contributed by atoms with Crippen LogP contribution >= 0.6 is 11.3 Å². The molecule has 1 heterocycles. The molecule has 0 fully saturated rings. The van der Waals surface area contributed by atoms with Crippen LogP contribution in [-0.4, -0.2) is 0 Å². The van der Waals surface area contributed by atoms with E-state index in [4.69, 9.17) is 0 Å². The van der Waals surface area contributed by atoms with Gasteiger partial charge in [0.1, 0.15) is 0 Å². The molecular weight excluding hydrogens is 755 g/mol. The van der Waals surface area contributed by atoms with Crippen LogP contribution in [-0.2, 0) is 5.41 Å². The molecule has 0 saturated heterocycles. The highest BCUT2D eigenvalue weighted by atomic mass is 32.1. The Morgan fingerprint density at radius 1 is 0.344 bits per heavy atom. The minimum atomic E-state index is -0.526. The van der Waals surface area contributed by atoms with E-state index < -0.39 is 5.41 Å². The fourth-order valence-electron chi connectivity index (χ4n) is 10.1. The Balaban J connectivity index is 1.18. The molecule has 0 unspecified atom stereocenters. The van der Waals surface area contributed by atoms with E-state index in [0.717, 1.165) is 17.1 Å². The first-order chi connectivity index (χ1) is 30.3. The molecule has 0 amide bonds. The predicted octanol–water partition coefficient (Wildman–Crippen LogP) is 16.4. The van der Waals surface area contributed by atoms with Crippen LogP contribution in [0.25, 0.3) is 64.3 Å². The maximum atomic E-state index is 2.52. The van der Waals surface area contributed by atoms with Gasteiger partial charge < -0.3 is 4.90 Å². The minimum absolute atomic E-state index is 0.526. The second-order valence-corrected chi connectivity index (χ2v) is 17.0. The van der Waals surface area contributed by atoms with Gasteiger partial charge in [0.15, 0.2) is 0 Å². The topological polar surface area (TPSA) is 3.24 Å². The number of hydrogen-bond donors (Lipinski definition) is 0. The highest BCUT2D eigenvalue weighted by molar-refractivity contribution is 7.26. The molecule has 0 spiro atoms. The van der Waals surface area contributed by atoms with Crippen molar-refractivity contribution in [3.63, 3.8) is 0 Å². The van der Waals surface area contributed by atoms with E-state index >= 15 is 0 Å². The fraction of sp³-hybridized carbons (Fsp3) is 0.0169. The van der Waals surface area contributed by atoms with Crippen molar-refractivity contribution in [2.24, 2.45) is 0 Å². The molecule has 2 heteroatoms. The van der Waals surface area contributed by atoms with Crippen molar-refractivity contribution in [3.8, 4) is 33.4 Å². The standard InChI is InChI=1S/C59H39NS/c1-5-19-40(20-6-1)42-23-17-28-45(37-42)60(55-39-52-57-47(41-21-7-2-8-22-41)32-18-34-56(57)61-58(52)51-31-14-13-30-50(51)55)46-35-36-49-48-29-15-16-33-53(48)59(54(49)38-46,43-24-9-3-10-25-43)44-26-11-4-12-27-44/h1-39H. The summed E-state index contributed by atoms with van der Waals surface area (Å²) < 4.78 is 2.61. The molecule has 0 bridgehead atoms. The first kappa shape index (κ1) is 35.4. The number of nitrogens with zero attached hydrogens (tertiary/aromatic N) is 1. The van der Waals surface area contributed by atoms with Crippen molar-refractivity contribution in [1.29, 1.82) is 0 Å². The predicted molar refractivity (Wildman–Crippen MR) is 260 cm³/mol. The molecule has 1 nitrogen and oxygen atoms in total. The molecule has 10 aromatic carbocycles. The number of rotatable bonds is 7. The molecule has 1 aliphatic rings. The zero-order valence-corrected chi connectivity index (χ0v) is 34.2. The van der Waals surface area contributed by atoms with E-state index in [1.165, 1.54) is 86.6 Å². The van der Waals surface area contributed by atoms with Gasteiger partial charge in [0.2, 0.25) is 0 Å². The average molecular weight is 794 g/mol. The summed E-state index contributed by atoms with van der Waals surface area (Å²) in [5.74, 6) is 0. The molecule has 0 aliphatic heterocycles. The van der Waals surface area contributed by atoms with E-state index in [1.54, 1.807) is 0 Å². The van der Waals surface area contributed by atoms with Gasteiger partial charge in [-0.3, -0.25) is 0 Å². The Kier molecular flexibility index (Phi) is 8.33. The first-order valence-corrected chi connectivity index (χ1v) is 21.8. The van der Waals surface area contributed by atoms with Crippen LogP contribution < -0.4 is 4.90 Å². The van der Waals surface area contributed by atoms with Gasteiger partial charge in [-0.05, 0) is 92.0 Å². The van der Waals surface area contributed by atoms with Crippen molar-refractivity contribution in [3.05, 3.63) is 259 Å². The Labute approximate surface area is 360 Å². The van der Waals surface area contributed by atoms with Crippen LogP contribution in [0.5, 0.6) is 0 Å². The van der Waals surface area contributed by atoms with Crippen LogP contribution in [0.3, 0.4) is 0 Å². The summed E-state index contributed by atoms with van der Waals surface area (Å²) in [5, 5.41) is 5.05. The van der Waals surface area contributed by atoms with Crippen LogP contribution in [0.1, 0.15) is 22.3 Å². The number of thiophene rings is 1. The number of anilines is 3. The third-order valence-electron chi connectivity index (χ3n) is 12.7. The maximum absolute atomic E-state index is 2.52. The first-order valence-electron chi connectivity index (χ1n) is 21.0. The summed E-state index contributed by atoms with van der Waals surface area (Å²) in [5.41, 5.74) is 15.3. The quantitative estimate of drug-likeness (QED) is 0.155. The Morgan fingerprint density at radius 2 is 0.902 bits per heavy atom. The minimum Gasteiger partial charge on any atom is -0.310 e. The third-order valence-corrected chi connectivity index (χ3v) is 13.9. The lowest BCUT2D eigenvalue weighted by molar-refractivity contribution is 0.768. The normalized spacial score (nSPS) is 12.7. The molecule has 11 aromatic rings. The van der Waals surface area contributed by atoms with Crippen LogP contribution in [0, 0.1) is 0 Å². The molecule has 286 valence electrons. The molecule has 0 N–H and O–H groups in total. The molecule has 0 saturated carbocycles. The maximum Gasteiger partial charge on any atom is 0.0714 e. The summed E-state index contributed by atoms with van der Waals surface area (Å²) >= 11 is 1.90. The van der Waals surface area contributed by atoms with Crippen molar-refractivity contribution in [1.82, 2.24) is 0 Å². The molecule has 1 aromatic heterocycles. The zero-order chi connectivity index (χ0) is 40.3. The van der Waals surface area contributed by atoms with Crippen molar-refractivity contribution < 1.29 is 0 Å². The van der Waals surface area contributed by atoms with Gasteiger partial charge in [-0.2, -0.15) is 0 Å². The van der Waals surface area contributed by atoms with E-state index in [-0.39, 0.29) is 0 Å². The summed E-state index contributed by atoms with van der Waals surface area (Å²) in [6.45, 7) is 0. The van der Waals surface area contributed by atoms with Gasteiger partial charge >= 0.3 is 0 Å². The summed E-state index contributed by atoms with van der Waals surface area (Å²) in [6.07, 6.45) is 0. The van der Waals surface area contributed by atoms with E-state index in [2.05, 4.69) is 241 Å². The van der Waals surface area contributed by atoms with Gasteiger partial charge in [-0.15, -0.1) is 11.3 Å². The van der Waals surface area contributed by atoms with Gasteiger partial charge in [0.25, 0.3) is 0 Å². The number of hydrogen-bond acceptors (Lipinski definition) is 2. The smallest absolute Gasteiger partial charge is 0.0714 e. The van der Waals surface area contributed by atoms with Gasteiger partial charge in [0.05, 0.1) is 11.1 Å². The fourth-order valence-corrected chi connectivity index (χ4v) is 11.4. The van der Waals surface area contributed by atoms with E-state index in [9.17, 15) is 0 Å². The van der Waals surface area contributed by atoms with Crippen LogP contribution in [0.4, 0.5) is 17.1 Å². The SMILES string of the molecule is c1ccc(-c2cccc(N(c3ccc4c(c3)C(c3ccccc3)(c3ccccc3)c3ccccc3-4)c3cc4c(sc5cccc(-c6ccccc6)c54)c4ccccc34)c2)cc1. The Morgan fingerprint density at radius 3 is 1.64 bits per heavy atom. The van der Waals surface area contributed by atoms with Crippen LogP contribution in [0.2, 0.25) is 0 Å². The molecule has 0 atom stereocenters. The third kappa shape index (κ3) is 5.53. The Hall–Kier alpha value is -7.52. The zero-order valence-electron chi connectivity index (χ0n) is 33.4. The monoisotopic (exact) mass is 793 g/mol. The molecule has 1 aliphatic carbocycles. The molecular formula is C59H39NS. The highest BCUT2D eigenvalue weighted by Gasteiger charge is 2.46. The van der Waals surface area contributed by atoms with Crippen molar-refractivity contribution >= 4 is 59.3 Å². The molecule has 12 rings (SSSR count). The van der Waals surface area contributed by atoms with Crippen molar-refractivity contribution in [2.45, 2.75) is 5.41 Å². The number of fused-ring (bicyclic) bond motifs is 8. The second kappa shape index (κ2) is 14.3. The van der Waals surface area contributed by atoms with E-state index in [0.29, 0.717) is 0 Å². The lowest BCUT2D eigenvalue weighted by Gasteiger charge is -2.35. The van der Waals surface area contributed by atoms with Crippen LogP contribution in [0.15, 0.2) is 237 Å². The highest BCUT2D eigenvalue weighted by Crippen LogP contribution is 2.58. The Bertz CT molecular complexity index is 3370. The summed E-state index contributed by atoms with van der Waals surface area (Å²) in [4.78, 5) is 2.52.